The summed E-state index contributed by atoms with van der Waals surface area (Å²) in [5.41, 5.74) is 0.964. The lowest BCUT2D eigenvalue weighted by Crippen LogP contribution is -1.97. The molecule has 0 aliphatic rings. The maximum Gasteiger partial charge on any atom is 0.261 e. The van der Waals surface area contributed by atoms with Gasteiger partial charge in [0.15, 0.2) is 0 Å². The van der Waals surface area contributed by atoms with Gasteiger partial charge in [0, 0.05) is 21.9 Å². The van der Waals surface area contributed by atoms with Crippen molar-refractivity contribution in [1.82, 2.24) is 0 Å². The summed E-state index contributed by atoms with van der Waals surface area (Å²) in [6, 6.07) is 14.4. The molecule has 0 radical (unpaired) electrons. The summed E-state index contributed by atoms with van der Waals surface area (Å²) in [4.78, 5) is 4.65. The van der Waals surface area contributed by atoms with E-state index in [0.717, 1.165) is 22.1 Å². The third kappa shape index (κ3) is 3.91. The van der Waals surface area contributed by atoms with Gasteiger partial charge in [0.05, 0.1) is 12.3 Å². The van der Waals surface area contributed by atoms with Crippen LogP contribution in [0, 0.1) is 0 Å². The first-order valence-electron chi connectivity index (χ1n) is 6.34. The Morgan fingerprint density at radius 1 is 1.11 bits per heavy atom. The molecule has 2 nitrogen and oxygen atoms in total. The van der Waals surface area contributed by atoms with Crippen LogP contribution in [0.5, 0.6) is 0 Å². The lowest BCUT2D eigenvalue weighted by Gasteiger charge is -2.07. The second kappa shape index (κ2) is 7.46. The van der Waals surface area contributed by atoms with Gasteiger partial charge in [-0.1, -0.05) is 54.1 Å². The molecular weight excluding hydrogens is 274 g/mol. The summed E-state index contributed by atoms with van der Waals surface area (Å²) in [6.45, 7) is 4.75. The molecule has 0 unspecified atom stereocenters. The maximum absolute atomic E-state index is 5.59. The van der Waals surface area contributed by atoms with E-state index < -0.39 is 0 Å². The van der Waals surface area contributed by atoms with Gasteiger partial charge in [0.2, 0.25) is 0 Å². The van der Waals surface area contributed by atoms with Crippen molar-refractivity contribution in [3.63, 3.8) is 0 Å². The van der Waals surface area contributed by atoms with Gasteiger partial charge in [0.25, 0.3) is 5.23 Å². The number of benzene rings is 2. The first kappa shape index (κ1) is 14.3. The highest BCUT2D eigenvalue weighted by Crippen LogP contribution is 2.30. The Bertz CT molecular complexity index is 564. The fourth-order valence-corrected chi connectivity index (χ4v) is 3.14. The minimum absolute atomic E-state index is 0.640. The van der Waals surface area contributed by atoms with Crippen LogP contribution < -0.4 is 0 Å². The molecule has 4 heteroatoms. The molecule has 100 valence electrons. The molecule has 0 atom stereocenters. The zero-order chi connectivity index (χ0) is 13.5. The van der Waals surface area contributed by atoms with Crippen molar-refractivity contribution in [3.05, 3.63) is 42.5 Å². The molecule has 2 rings (SSSR count). The number of rotatable bonds is 4. The second-order valence-electron chi connectivity index (χ2n) is 3.80. The normalized spacial score (nSPS) is 11.8. The molecule has 0 saturated carbocycles. The Morgan fingerprint density at radius 2 is 1.89 bits per heavy atom. The minimum atomic E-state index is 0.640. The molecule has 2 aromatic rings. The molecule has 0 aromatic heterocycles. The van der Waals surface area contributed by atoms with Crippen LogP contribution in [0.15, 0.2) is 47.5 Å². The molecule has 0 heterocycles. The van der Waals surface area contributed by atoms with Gasteiger partial charge in [0.1, 0.15) is 0 Å². The zero-order valence-electron chi connectivity index (χ0n) is 11.1. The average Bonchev–Trinajstić information content (AvgIpc) is 2.45. The highest BCUT2D eigenvalue weighted by molar-refractivity contribution is 8.82. The van der Waals surface area contributed by atoms with Crippen molar-refractivity contribution in [2.75, 3.05) is 12.4 Å². The van der Waals surface area contributed by atoms with Gasteiger partial charge >= 0.3 is 0 Å². The molecule has 0 amide bonds. The SMILES string of the molecule is CCOC(=Nc1cccc2ccccc12)SSCC. The first-order valence-corrected chi connectivity index (χ1v) is 8.65. The van der Waals surface area contributed by atoms with Crippen LogP contribution in [0.1, 0.15) is 13.8 Å². The van der Waals surface area contributed by atoms with E-state index in [-0.39, 0.29) is 0 Å². The third-order valence-corrected chi connectivity index (χ3v) is 4.69. The Balaban J connectivity index is 2.36. The highest BCUT2D eigenvalue weighted by atomic mass is 33.1. The smallest absolute Gasteiger partial charge is 0.261 e. The quantitative estimate of drug-likeness (QED) is 0.435. The predicted molar refractivity (Wildman–Crippen MR) is 88.4 cm³/mol. The number of aliphatic imine (C=N–C) groups is 1. The van der Waals surface area contributed by atoms with Gasteiger partial charge in [-0.2, -0.15) is 0 Å². The van der Waals surface area contributed by atoms with E-state index in [4.69, 9.17) is 4.74 Å². The standard InChI is InChI=1S/C15H17NOS2/c1-3-17-15(19-18-4-2)16-14-11-7-9-12-8-5-6-10-13(12)14/h5-11H,3-4H2,1-2H3. The Labute approximate surface area is 122 Å². The largest absolute Gasteiger partial charge is 0.473 e. The van der Waals surface area contributed by atoms with Gasteiger partial charge in [-0.05, 0) is 18.4 Å². The summed E-state index contributed by atoms with van der Waals surface area (Å²) in [7, 11) is 3.34. The van der Waals surface area contributed by atoms with Gasteiger partial charge in [-0.15, -0.1) is 0 Å². The fourth-order valence-electron chi connectivity index (χ4n) is 1.71. The van der Waals surface area contributed by atoms with Crippen molar-refractivity contribution in [3.8, 4) is 0 Å². The minimum Gasteiger partial charge on any atom is -0.473 e. The van der Waals surface area contributed by atoms with Crippen molar-refractivity contribution >= 4 is 43.3 Å². The van der Waals surface area contributed by atoms with E-state index >= 15 is 0 Å². The Hall–Kier alpha value is -1.13. The molecule has 0 aliphatic carbocycles. The molecular formula is C15H17NOS2. The third-order valence-electron chi connectivity index (χ3n) is 2.49. The van der Waals surface area contributed by atoms with Crippen LogP contribution in [0.4, 0.5) is 5.69 Å². The summed E-state index contributed by atoms with van der Waals surface area (Å²) in [6.07, 6.45) is 0. The van der Waals surface area contributed by atoms with Gasteiger partial charge in [-0.25, -0.2) is 4.99 Å². The molecule has 0 aliphatic heterocycles. The molecule has 0 N–H and O–H groups in total. The highest BCUT2D eigenvalue weighted by Gasteiger charge is 2.04. The molecule has 0 saturated heterocycles. The number of hydrogen-bond donors (Lipinski definition) is 0. The summed E-state index contributed by atoms with van der Waals surface area (Å²) < 4.78 is 5.59. The summed E-state index contributed by atoms with van der Waals surface area (Å²) in [5.74, 6) is 1.03. The number of hydrogen-bond acceptors (Lipinski definition) is 4. The van der Waals surface area contributed by atoms with Crippen molar-refractivity contribution in [2.24, 2.45) is 4.99 Å². The van der Waals surface area contributed by atoms with Gasteiger partial charge in [-0.3, -0.25) is 0 Å². The van der Waals surface area contributed by atoms with E-state index in [1.165, 1.54) is 5.39 Å². The topological polar surface area (TPSA) is 21.6 Å². The van der Waals surface area contributed by atoms with E-state index in [2.05, 4.69) is 30.1 Å². The van der Waals surface area contributed by atoms with Gasteiger partial charge < -0.3 is 4.74 Å². The molecule has 0 bridgehead atoms. The van der Waals surface area contributed by atoms with Crippen molar-refractivity contribution in [2.45, 2.75) is 13.8 Å². The maximum atomic E-state index is 5.59. The van der Waals surface area contributed by atoms with Crippen LogP contribution in [0.25, 0.3) is 10.8 Å². The van der Waals surface area contributed by atoms with Crippen molar-refractivity contribution < 1.29 is 4.74 Å². The number of nitrogens with zero attached hydrogens (tertiary/aromatic N) is 1. The summed E-state index contributed by atoms with van der Waals surface area (Å²) >= 11 is 0. The predicted octanol–water partition coefficient (Wildman–Crippen LogP) is 5.27. The second-order valence-corrected chi connectivity index (χ2v) is 6.33. The fraction of sp³-hybridized carbons (Fsp3) is 0.267. The average molecular weight is 291 g/mol. The lowest BCUT2D eigenvalue weighted by molar-refractivity contribution is 0.338. The van der Waals surface area contributed by atoms with Crippen LogP contribution in [0.3, 0.4) is 0 Å². The van der Waals surface area contributed by atoms with E-state index in [1.54, 1.807) is 21.6 Å². The number of ether oxygens (including phenoxy) is 1. The van der Waals surface area contributed by atoms with Crippen LogP contribution in [-0.4, -0.2) is 17.6 Å². The van der Waals surface area contributed by atoms with E-state index in [9.17, 15) is 0 Å². The summed E-state index contributed by atoms with van der Waals surface area (Å²) in [5, 5.41) is 3.09. The van der Waals surface area contributed by atoms with Crippen LogP contribution in [0.2, 0.25) is 0 Å². The van der Waals surface area contributed by atoms with Crippen LogP contribution >= 0.6 is 21.6 Å². The van der Waals surface area contributed by atoms with E-state index in [1.807, 2.05) is 31.2 Å². The monoisotopic (exact) mass is 291 g/mol. The Kier molecular flexibility index (Phi) is 5.61. The number of fused-ring (bicyclic) bond motifs is 1. The molecule has 2 aromatic carbocycles. The van der Waals surface area contributed by atoms with Crippen LogP contribution in [-0.2, 0) is 4.74 Å². The molecule has 0 spiro atoms. The van der Waals surface area contributed by atoms with E-state index in [0.29, 0.717) is 6.61 Å². The van der Waals surface area contributed by atoms with Crippen molar-refractivity contribution in [1.29, 1.82) is 0 Å². The zero-order valence-corrected chi connectivity index (χ0v) is 12.8. The molecule has 0 fully saturated rings. The Morgan fingerprint density at radius 3 is 2.68 bits per heavy atom. The first-order chi connectivity index (χ1) is 9.35. The molecule has 19 heavy (non-hydrogen) atoms. The lowest BCUT2D eigenvalue weighted by atomic mass is 10.1.